The molecule has 1 atom stereocenters. The van der Waals surface area contributed by atoms with Crippen molar-refractivity contribution in [3.05, 3.63) is 74.6 Å². The number of hydrogen-bond acceptors (Lipinski definition) is 6. The van der Waals surface area contributed by atoms with E-state index in [4.69, 9.17) is 21.1 Å². The van der Waals surface area contributed by atoms with E-state index in [0.29, 0.717) is 16.0 Å². The van der Waals surface area contributed by atoms with E-state index in [0.717, 1.165) is 5.56 Å². The van der Waals surface area contributed by atoms with Gasteiger partial charge in [0.05, 0.1) is 18.4 Å². The van der Waals surface area contributed by atoms with Crippen molar-refractivity contribution in [3.8, 4) is 5.75 Å². The Bertz CT molecular complexity index is 1280. The van der Waals surface area contributed by atoms with Gasteiger partial charge < -0.3 is 25.3 Å². The van der Waals surface area contributed by atoms with Crippen LogP contribution in [0.5, 0.6) is 5.75 Å². The molecule has 178 valence electrons. The number of hydrogen-bond donors (Lipinski definition) is 4. The summed E-state index contributed by atoms with van der Waals surface area (Å²) in [5.41, 5.74) is 0.870. The summed E-state index contributed by atoms with van der Waals surface area (Å²) in [4.78, 5) is 48.7. The Morgan fingerprint density at radius 1 is 1.12 bits per heavy atom. The van der Waals surface area contributed by atoms with Gasteiger partial charge in [0.15, 0.2) is 0 Å². The maximum Gasteiger partial charge on any atom is 0.340 e. The number of fused-ring (bicyclic) bond motifs is 1. The van der Waals surface area contributed by atoms with Gasteiger partial charge in [0.25, 0.3) is 0 Å². The largest absolute Gasteiger partial charge is 0.508 e. The number of halogens is 1. The second-order valence-corrected chi connectivity index (χ2v) is 8.17. The van der Waals surface area contributed by atoms with E-state index in [1.807, 2.05) is 0 Å². The van der Waals surface area contributed by atoms with Crippen molar-refractivity contribution in [2.75, 3.05) is 6.54 Å². The molecule has 0 saturated heterocycles. The number of carbonyl (C=O) groups is 3. The van der Waals surface area contributed by atoms with Gasteiger partial charge in [0.1, 0.15) is 17.4 Å². The normalized spacial score (nSPS) is 11.7. The van der Waals surface area contributed by atoms with Crippen molar-refractivity contribution in [3.63, 3.8) is 0 Å². The van der Waals surface area contributed by atoms with Crippen LogP contribution in [-0.2, 0) is 27.2 Å². The first-order chi connectivity index (χ1) is 16.1. The van der Waals surface area contributed by atoms with Crippen molar-refractivity contribution >= 4 is 40.4 Å². The fourth-order valence-corrected chi connectivity index (χ4v) is 3.60. The predicted molar refractivity (Wildman–Crippen MR) is 125 cm³/mol. The molecule has 0 saturated carbocycles. The lowest BCUT2D eigenvalue weighted by Gasteiger charge is -2.19. The number of rotatable bonds is 9. The number of carboxylic acid groups (broad SMARTS) is 1. The third-order valence-electron chi connectivity index (χ3n) is 5.25. The molecule has 1 aromatic heterocycles. The molecule has 0 aliphatic carbocycles. The number of nitrogens with one attached hydrogen (secondary N) is 2. The minimum Gasteiger partial charge on any atom is -0.508 e. The Morgan fingerprint density at radius 3 is 2.50 bits per heavy atom. The van der Waals surface area contributed by atoms with Crippen LogP contribution in [0.3, 0.4) is 0 Å². The fourth-order valence-electron chi connectivity index (χ4n) is 3.47. The van der Waals surface area contributed by atoms with Crippen LogP contribution in [0.4, 0.5) is 0 Å². The molecule has 2 amide bonds. The molecule has 0 aliphatic rings. The fraction of sp³-hybridized carbons (Fsp3) is 0.250. The van der Waals surface area contributed by atoms with Crippen LogP contribution in [-0.4, -0.2) is 40.6 Å². The van der Waals surface area contributed by atoms with Crippen LogP contribution in [0.1, 0.15) is 23.1 Å². The van der Waals surface area contributed by atoms with E-state index >= 15 is 0 Å². The smallest absolute Gasteiger partial charge is 0.340 e. The zero-order valence-electron chi connectivity index (χ0n) is 18.3. The SMILES string of the molecule is Cc1c(CC(=O)N[C@H](Cc2ccc(Cl)cc2)C(=O)NCCC(=O)O)c(=O)oc2cc(O)ccc12. The number of aliphatic carboxylic acids is 1. The van der Waals surface area contributed by atoms with Crippen LogP contribution in [0.2, 0.25) is 5.02 Å². The number of aryl methyl sites for hydroxylation is 1. The monoisotopic (exact) mass is 486 g/mol. The molecule has 0 unspecified atom stereocenters. The molecule has 10 heteroatoms. The molecule has 3 rings (SSSR count). The van der Waals surface area contributed by atoms with Gasteiger partial charge in [0.2, 0.25) is 11.8 Å². The summed E-state index contributed by atoms with van der Waals surface area (Å²) < 4.78 is 5.25. The van der Waals surface area contributed by atoms with Crippen LogP contribution in [0.25, 0.3) is 11.0 Å². The van der Waals surface area contributed by atoms with Gasteiger partial charge >= 0.3 is 11.6 Å². The van der Waals surface area contributed by atoms with Crippen LogP contribution in [0.15, 0.2) is 51.7 Å². The second kappa shape index (κ2) is 10.8. The Kier molecular flexibility index (Phi) is 7.91. The highest BCUT2D eigenvalue weighted by atomic mass is 35.5. The molecule has 1 heterocycles. The van der Waals surface area contributed by atoms with Crippen molar-refractivity contribution < 1.29 is 29.0 Å². The molecule has 0 fully saturated rings. The average molecular weight is 487 g/mol. The first kappa shape index (κ1) is 24.8. The third-order valence-corrected chi connectivity index (χ3v) is 5.50. The average Bonchev–Trinajstić information content (AvgIpc) is 2.77. The van der Waals surface area contributed by atoms with Gasteiger partial charge in [-0.15, -0.1) is 0 Å². The maximum absolute atomic E-state index is 12.8. The van der Waals surface area contributed by atoms with E-state index in [1.54, 1.807) is 37.3 Å². The Morgan fingerprint density at radius 2 is 1.82 bits per heavy atom. The molecule has 34 heavy (non-hydrogen) atoms. The molecule has 9 nitrogen and oxygen atoms in total. The standard InChI is InChI=1S/C24H23ClN2O7/c1-13-17-7-6-16(28)11-20(17)34-24(33)18(13)12-21(29)27-19(23(32)26-9-8-22(30)31)10-14-2-4-15(25)5-3-14/h2-7,11,19,28H,8-10,12H2,1H3,(H,26,32)(H,27,29)(H,30,31)/t19-/m1/s1. The molecular formula is C24H23ClN2O7. The van der Waals surface area contributed by atoms with Crippen molar-refractivity contribution in [2.45, 2.75) is 32.2 Å². The minimum atomic E-state index is -1.06. The first-order valence-electron chi connectivity index (χ1n) is 10.4. The zero-order chi connectivity index (χ0) is 24.8. The molecule has 2 aromatic carbocycles. The van der Waals surface area contributed by atoms with Crippen LogP contribution >= 0.6 is 11.6 Å². The van der Waals surface area contributed by atoms with Crippen LogP contribution in [0, 0.1) is 6.92 Å². The van der Waals surface area contributed by atoms with E-state index in [2.05, 4.69) is 10.6 Å². The van der Waals surface area contributed by atoms with Gasteiger partial charge in [0, 0.05) is 29.4 Å². The summed E-state index contributed by atoms with van der Waals surface area (Å²) in [7, 11) is 0. The van der Waals surface area contributed by atoms with Gasteiger partial charge in [-0.3, -0.25) is 14.4 Å². The van der Waals surface area contributed by atoms with Crippen molar-refractivity contribution in [2.24, 2.45) is 0 Å². The number of amides is 2. The Labute approximate surface area is 199 Å². The minimum absolute atomic E-state index is 0.0560. The van der Waals surface area contributed by atoms with Crippen molar-refractivity contribution in [1.29, 1.82) is 0 Å². The number of carbonyl (C=O) groups excluding carboxylic acids is 2. The van der Waals surface area contributed by atoms with Crippen LogP contribution < -0.4 is 16.3 Å². The number of aromatic hydroxyl groups is 1. The van der Waals surface area contributed by atoms with E-state index in [1.165, 1.54) is 12.1 Å². The van der Waals surface area contributed by atoms with Gasteiger partial charge in [-0.1, -0.05) is 23.7 Å². The first-order valence-corrected chi connectivity index (χ1v) is 10.8. The molecule has 0 aliphatic heterocycles. The summed E-state index contributed by atoms with van der Waals surface area (Å²) in [6.07, 6.45) is -0.461. The number of phenolic OH excluding ortho intramolecular Hbond substituents is 1. The molecule has 0 radical (unpaired) electrons. The number of benzene rings is 2. The maximum atomic E-state index is 12.8. The topological polar surface area (TPSA) is 146 Å². The predicted octanol–water partition coefficient (Wildman–Crippen LogP) is 2.32. The molecule has 0 spiro atoms. The highest BCUT2D eigenvalue weighted by Gasteiger charge is 2.23. The summed E-state index contributed by atoms with van der Waals surface area (Å²) >= 11 is 5.91. The van der Waals surface area contributed by atoms with Crippen molar-refractivity contribution in [1.82, 2.24) is 10.6 Å². The number of carboxylic acids is 1. The van der Waals surface area contributed by atoms with Gasteiger partial charge in [-0.2, -0.15) is 0 Å². The Hall–Kier alpha value is -3.85. The number of phenols is 1. The lowest BCUT2D eigenvalue weighted by molar-refractivity contribution is -0.137. The second-order valence-electron chi connectivity index (χ2n) is 7.74. The molecule has 4 N–H and O–H groups in total. The summed E-state index contributed by atoms with van der Waals surface area (Å²) in [5.74, 6) is -2.26. The lowest BCUT2D eigenvalue weighted by atomic mass is 10.0. The van der Waals surface area contributed by atoms with E-state index in [-0.39, 0.29) is 42.7 Å². The quantitative estimate of drug-likeness (QED) is 0.339. The summed E-state index contributed by atoms with van der Waals surface area (Å²) in [6, 6.07) is 10.1. The molecule has 0 bridgehead atoms. The van der Waals surface area contributed by atoms with E-state index < -0.39 is 29.5 Å². The van der Waals surface area contributed by atoms with Gasteiger partial charge in [-0.25, -0.2) is 4.79 Å². The highest BCUT2D eigenvalue weighted by Crippen LogP contribution is 2.23. The highest BCUT2D eigenvalue weighted by molar-refractivity contribution is 6.30. The molecular weight excluding hydrogens is 464 g/mol. The third kappa shape index (κ3) is 6.35. The van der Waals surface area contributed by atoms with E-state index in [9.17, 15) is 24.3 Å². The molecule has 3 aromatic rings. The summed E-state index contributed by atoms with van der Waals surface area (Å²) in [5, 5.41) is 24.6. The Balaban J connectivity index is 1.79. The summed E-state index contributed by atoms with van der Waals surface area (Å²) in [6.45, 7) is 1.57. The lowest BCUT2D eigenvalue weighted by Crippen LogP contribution is -2.49. The van der Waals surface area contributed by atoms with Gasteiger partial charge in [-0.05, 0) is 42.3 Å². The zero-order valence-corrected chi connectivity index (χ0v) is 19.0.